The van der Waals surface area contributed by atoms with E-state index in [2.05, 4.69) is 20.4 Å². The zero-order valence-electron chi connectivity index (χ0n) is 13.0. The molecule has 1 fully saturated rings. The van der Waals surface area contributed by atoms with Crippen LogP contribution in [0.4, 0.5) is 5.69 Å². The number of nitrogens with zero attached hydrogens (tertiary/aromatic N) is 2. The van der Waals surface area contributed by atoms with Crippen LogP contribution in [0.2, 0.25) is 5.02 Å². The van der Waals surface area contributed by atoms with Crippen LogP contribution in [0.25, 0.3) is 0 Å². The minimum Gasteiger partial charge on any atom is -0.325 e. The first kappa shape index (κ1) is 16.0. The summed E-state index contributed by atoms with van der Waals surface area (Å²) in [7, 11) is 0. The van der Waals surface area contributed by atoms with Gasteiger partial charge in [0.25, 0.3) is 0 Å². The Morgan fingerprint density at radius 2 is 2.26 bits per heavy atom. The summed E-state index contributed by atoms with van der Waals surface area (Å²) in [5.41, 5.74) is 1.88. The third-order valence-corrected chi connectivity index (χ3v) is 4.62. The average Bonchev–Trinajstić information content (AvgIpc) is 3.10. The molecule has 2 aromatic rings. The van der Waals surface area contributed by atoms with E-state index in [-0.39, 0.29) is 5.91 Å². The fourth-order valence-electron chi connectivity index (χ4n) is 3.10. The van der Waals surface area contributed by atoms with Crippen LogP contribution in [0.15, 0.2) is 36.7 Å². The van der Waals surface area contributed by atoms with Crippen LogP contribution in [-0.4, -0.2) is 34.1 Å². The van der Waals surface area contributed by atoms with Gasteiger partial charge < -0.3 is 5.32 Å². The van der Waals surface area contributed by atoms with Crippen molar-refractivity contribution in [3.05, 3.63) is 47.2 Å². The number of H-pyrrole nitrogens is 1. The number of hydrogen-bond acceptors (Lipinski definition) is 3. The molecule has 2 heterocycles. The highest BCUT2D eigenvalue weighted by Gasteiger charge is 2.24. The Kier molecular flexibility index (Phi) is 5.31. The van der Waals surface area contributed by atoms with Crippen molar-refractivity contribution in [3.63, 3.8) is 0 Å². The van der Waals surface area contributed by atoms with Crippen LogP contribution in [-0.2, 0) is 4.79 Å². The van der Waals surface area contributed by atoms with Crippen molar-refractivity contribution in [1.29, 1.82) is 0 Å². The van der Waals surface area contributed by atoms with Crippen LogP contribution >= 0.6 is 11.6 Å². The molecule has 5 nitrogen and oxygen atoms in total. The van der Waals surface area contributed by atoms with E-state index in [0.29, 0.717) is 23.2 Å². The maximum atomic E-state index is 12.2. The van der Waals surface area contributed by atoms with E-state index in [4.69, 9.17) is 11.6 Å². The fourth-order valence-corrected chi connectivity index (χ4v) is 3.28. The van der Waals surface area contributed by atoms with E-state index in [1.165, 1.54) is 18.4 Å². The SMILES string of the molecule is O=C(CCN1CCCC[C@@H]1c1cn[nH]c1)Nc1ccccc1Cl. The van der Waals surface area contributed by atoms with E-state index in [0.717, 1.165) is 19.5 Å². The Labute approximate surface area is 141 Å². The minimum atomic E-state index is -0.00498. The molecule has 6 heteroatoms. The van der Waals surface area contributed by atoms with E-state index in [1.54, 1.807) is 6.07 Å². The number of aromatic nitrogens is 2. The Bertz CT molecular complexity index is 644. The number of likely N-dealkylation sites (tertiary alicyclic amines) is 1. The van der Waals surface area contributed by atoms with Gasteiger partial charge in [-0.25, -0.2) is 0 Å². The van der Waals surface area contributed by atoms with Gasteiger partial charge in [-0.15, -0.1) is 0 Å². The minimum absolute atomic E-state index is 0.00498. The van der Waals surface area contributed by atoms with Crippen LogP contribution in [0, 0.1) is 0 Å². The van der Waals surface area contributed by atoms with Gasteiger partial charge in [-0.05, 0) is 31.5 Å². The maximum absolute atomic E-state index is 12.2. The van der Waals surface area contributed by atoms with Crippen LogP contribution in [0.5, 0.6) is 0 Å². The first-order valence-corrected chi connectivity index (χ1v) is 8.39. The van der Waals surface area contributed by atoms with E-state index >= 15 is 0 Å². The second-order valence-corrected chi connectivity index (χ2v) is 6.26. The van der Waals surface area contributed by atoms with Crippen molar-refractivity contribution in [2.45, 2.75) is 31.7 Å². The molecule has 0 radical (unpaired) electrons. The highest BCUT2D eigenvalue weighted by Crippen LogP contribution is 2.30. The third-order valence-electron chi connectivity index (χ3n) is 4.29. The van der Waals surface area contributed by atoms with Gasteiger partial charge in [-0.2, -0.15) is 5.10 Å². The maximum Gasteiger partial charge on any atom is 0.225 e. The molecule has 0 saturated carbocycles. The number of amides is 1. The highest BCUT2D eigenvalue weighted by atomic mass is 35.5. The molecule has 1 amide bonds. The van der Waals surface area contributed by atoms with Crippen molar-refractivity contribution >= 4 is 23.2 Å². The molecular weight excluding hydrogens is 312 g/mol. The van der Waals surface area contributed by atoms with Gasteiger partial charge in [0.1, 0.15) is 0 Å². The largest absolute Gasteiger partial charge is 0.325 e. The van der Waals surface area contributed by atoms with Crippen LogP contribution in [0.1, 0.15) is 37.3 Å². The quantitative estimate of drug-likeness (QED) is 0.879. The third kappa shape index (κ3) is 4.12. The number of halogens is 1. The number of benzene rings is 1. The van der Waals surface area contributed by atoms with Crippen molar-refractivity contribution in [1.82, 2.24) is 15.1 Å². The second kappa shape index (κ2) is 7.62. The lowest BCUT2D eigenvalue weighted by Crippen LogP contribution is -2.35. The smallest absolute Gasteiger partial charge is 0.225 e. The first-order valence-electron chi connectivity index (χ1n) is 8.01. The number of nitrogens with one attached hydrogen (secondary N) is 2. The predicted octanol–water partition coefficient (Wildman–Crippen LogP) is 3.62. The molecule has 1 saturated heterocycles. The standard InChI is InChI=1S/C17H21ClN4O/c18-14-5-1-2-6-15(14)21-17(23)8-10-22-9-4-3-7-16(22)13-11-19-20-12-13/h1-2,5-6,11-12,16H,3-4,7-10H2,(H,19,20)(H,21,23)/t16-/m1/s1. The van der Waals surface area contributed by atoms with Gasteiger partial charge in [0.05, 0.1) is 16.9 Å². The number of para-hydroxylation sites is 1. The summed E-state index contributed by atoms with van der Waals surface area (Å²) in [6.07, 6.45) is 7.81. The molecule has 0 aliphatic carbocycles. The van der Waals surface area contributed by atoms with E-state index < -0.39 is 0 Å². The molecule has 122 valence electrons. The van der Waals surface area contributed by atoms with Crippen LogP contribution in [0.3, 0.4) is 0 Å². The summed E-state index contributed by atoms with van der Waals surface area (Å²) < 4.78 is 0. The number of aromatic amines is 1. The topological polar surface area (TPSA) is 61.0 Å². The van der Waals surface area contributed by atoms with E-state index in [9.17, 15) is 4.79 Å². The van der Waals surface area contributed by atoms with Gasteiger partial charge in [-0.1, -0.05) is 30.2 Å². The molecule has 1 aliphatic heterocycles. The highest BCUT2D eigenvalue weighted by molar-refractivity contribution is 6.33. The van der Waals surface area contributed by atoms with Crippen molar-refractivity contribution in [2.75, 3.05) is 18.4 Å². The molecule has 1 aromatic carbocycles. The van der Waals surface area contributed by atoms with Gasteiger partial charge >= 0.3 is 0 Å². The molecule has 3 rings (SSSR count). The number of piperidine rings is 1. The van der Waals surface area contributed by atoms with Crippen LogP contribution < -0.4 is 5.32 Å². The zero-order valence-corrected chi connectivity index (χ0v) is 13.7. The molecule has 2 N–H and O–H groups in total. The lowest BCUT2D eigenvalue weighted by molar-refractivity contribution is -0.116. The fraction of sp³-hybridized carbons (Fsp3) is 0.412. The first-order chi connectivity index (χ1) is 11.2. The number of rotatable bonds is 5. The molecule has 0 unspecified atom stereocenters. The molecule has 0 bridgehead atoms. The van der Waals surface area contributed by atoms with Gasteiger partial charge in [-0.3, -0.25) is 14.8 Å². The van der Waals surface area contributed by atoms with E-state index in [1.807, 2.05) is 30.6 Å². The molecule has 1 atom stereocenters. The summed E-state index contributed by atoms with van der Waals surface area (Å²) in [5, 5.41) is 10.4. The molecule has 23 heavy (non-hydrogen) atoms. The average molecular weight is 333 g/mol. The monoisotopic (exact) mass is 332 g/mol. The lowest BCUT2D eigenvalue weighted by Gasteiger charge is -2.35. The van der Waals surface area contributed by atoms with Crippen molar-refractivity contribution in [2.24, 2.45) is 0 Å². The Hall–Kier alpha value is -1.85. The summed E-state index contributed by atoms with van der Waals surface area (Å²) in [4.78, 5) is 14.6. The normalized spacial score (nSPS) is 18.7. The Balaban J connectivity index is 1.56. The van der Waals surface area contributed by atoms with Crippen molar-refractivity contribution < 1.29 is 4.79 Å². The summed E-state index contributed by atoms with van der Waals surface area (Å²) in [6, 6.07) is 7.66. The predicted molar refractivity (Wildman–Crippen MR) is 91.5 cm³/mol. The lowest BCUT2D eigenvalue weighted by atomic mass is 9.97. The summed E-state index contributed by atoms with van der Waals surface area (Å²) in [6.45, 7) is 1.77. The number of carbonyl (C=O) groups is 1. The number of carbonyl (C=O) groups excluding carboxylic acids is 1. The zero-order chi connectivity index (χ0) is 16.1. The number of anilines is 1. The Morgan fingerprint density at radius 1 is 1.39 bits per heavy atom. The van der Waals surface area contributed by atoms with Gasteiger partial charge in [0, 0.05) is 30.8 Å². The molecule has 1 aromatic heterocycles. The summed E-state index contributed by atoms with van der Waals surface area (Å²) >= 11 is 6.07. The van der Waals surface area contributed by atoms with Gasteiger partial charge in [0.15, 0.2) is 0 Å². The number of hydrogen-bond donors (Lipinski definition) is 2. The second-order valence-electron chi connectivity index (χ2n) is 5.86. The molecular formula is C17H21ClN4O. The summed E-state index contributed by atoms with van der Waals surface area (Å²) in [5.74, 6) is -0.00498. The molecule has 0 spiro atoms. The Morgan fingerprint density at radius 3 is 3.04 bits per heavy atom. The van der Waals surface area contributed by atoms with Crippen molar-refractivity contribution in [3.8, 4) is 0 Å². The molecule has 1 aliphatic rings. The van der Waals surface area contributed by atoms with Gasteiger partial charge in [0.2, 0.25) is 5.91 Å².